The zero-order valence-corrected chi connectivity index (χ0v) is 15.1. The van der Waals surface area contributed by atoms with Gasteiger partial charge in [-0.15, -0.1) is 11.3 Å². The highest BCUT2D eigenvalue weighted by molar-refractivity contribution is 7.17. The molecule has 0 saturated carbocycles. The SMILES string of the molecule is CC(NC(=O)c1ccc(-c2ccc3c(c2)OCCO3)s1)c1ccncc1. The zero-order chi connectivity index (χ0) is 17.9. The standard InChI is InChI=1S/C20H18N2O3S/c1-13(14-6-8-21-9-7-14)22-20(23)19-5-4-18(26-19)15-2-3-16-17(12-15)25-11-10-24-16/h2-9,12-13H,10-11H2,1H3,(H,22,23). The second-order valence-corrected chi connectivity index (χ2v) is 7.08. The molecule has 3 heterocycles. The Morgan fingerprint density at radius 2 is 1.85 bits per heavy atom. The van der Waals surface area contributed by atoms with Crippen molar-refractivity contribution in [2.24, 2.45) is 0 Å². The average Bonchev–Trinajstić information content (AvgIpc) is 3.18. The van der Waals surface area contributed by atoms with Crippen LogP contribution in [0.3, 0.4) is 0 Å². The van der Waals surface area contributed by atoms with Gasteiger partial charge in [-0.2, -0.15) is 0 Å². The molecule has 0 saturated heterocycles. The summed E-state index contributed by atoms with van der Waals surface area (Å²) < 4.78 is 11.2. The summed E-state index contributed by atoms with van der Waals surface area (Å²) in [5.74, 6) is 1.43. The van der Waals surface area contributed by atoms with E-state index in [1.54, 1.807) is 12.4 Å². The van der Waals surface area contributed by atoms with Crippen LogP contribution in [0.25, 0.3) is 10.4 Å². The number of hydrogen-bond acceptors (Lipinski definition) is 5. The maximum absolute atomic E-state index is 12.5. The van der Waals surface area contributed by atoms with Gasteiger partial charge in [-0.25, -0.2) is 0 Å². The zero-order valence-electron chi connectivity index (χ0n) is 14.3. The molecule has 0 fully saturated rings. The van der Waals surface area contributed by atoms with Gasteiger partial charge in [0.25, 0.3) is 5.91 Å². The molecular formula is C20H18N2O3S. The minimum atomic E-state index is -0.0805. The third-order valence-corrected chi connectivity index (χ3v) is 5.34. The Kier molecular flexibility index (Phi) is 4.58. The molecule has 1 aliphatic rings. The summed E-state index contributed by atoms with van der Waals surface area (Å²) in [5.41, 5.74) is 2.04. The number of nitrogens with one attached hydrogen (secondary N) is 1. The molecule has 0 aliphatic carbocycles. The van der Waals surface area contributed by atoms with Crippen molar-refractivity contribution in [2.45, 2.75) is 13.0 Å². The van der Waals surface area contributed by atoms with E-state index in [1.807, 2.05) is 49.4 Å². The summed E-state index contributed by atoms with van der Waals surface area (Å²) >= 11 is 1.46. The molecule has 5 nitrogen and oxygen atoms in total. The van der Waals surface area contributed by atoms with Crippen molar-refractivity contribution < 1.29 is 14.3 Å². The van der Waals surface area contributed by atoms with Crippen LogP contribution >= 0.6 is 11.3 Å². The molecule has 2 aromatic heterocycles. The van der Waals surface area contributed by atoms with Crippen LogP contribution in [-0.2, 0) is 0 Å². The molecular weight excluding hydrogens is 348 g/mol. The van der Waals surface area contributed by atoms with E-state index in [4.69, 9.17) is 9.47 Å². The Morgan fingerprint density at radius 1 is 1.08 bits per heavy atom. The van der Waals surface area contributed by atoms with Crippen molar-refractivity contribution in [3.63, 3.8) is 0 Å². The fourth-order valence-electron chi connectivity index (χ4n) is 2.81. The van der Waals surface area contributed by atoms with E-state index in [0.717, 1.165) is 27.5 Å². The lowest BCUT2D eigenvalue weighted by molar-refractivity contribution is 0.0944. The first-order valence-corrected chi connectivity index (χ1v) is 9.23. The molecule has 4 rings (SSSR count). The maximum Gasteiger partial charge on any atom is 0.261 e. The van der Waals surface area contributed by atoms with Crippen LogP contribution < -0.4 is 14.8 Å². The maximum atomic E-state index is 12.5. The van der Waals surface area contributed by atoms with Gasteiger partial charge in [-0.3, -0.25) is 9.78 Å². The number of carbonyl (C=O) groups excluding carboxylic acids is 1. The Balaban J connectivity index is 1.50. The number of thiophene rings is 1. The largest absolute Gasteiger partial charge is 0.486 e. The van der Waals surface area contributed by atoms with E-state index >= 15 is 0 Å². The first-order chi connectivity index (χ1) is 12.7. The Labute approximate surface area is 155 Å². The molecule has 3 aromatic rings. The molecule has 1 unspecified atom stereocenters. The quantitative estimate of drug-likeness (QED) is 0.756. The molecule has 1 aliphatic heterocycles. The van der Waals surface area contributed by atoms with Crippen LogP contribution in [0.1, 0.15) is 28.2 Å². The lowest BCUT2D eigenvalue weighted by atomic mass is 10.1. The predicted molar refractivity (Wildman–Crippen MR) is 101 cm³/mol. The minimum Gasteiger partial charge on any atom is -0.486 e. The number of nitrogens with zero attached hydrogens (tertiary/aromatic N) is 1. The van der Waals surface area contributed by atoms with Crippen LogP contribution in [0.2, 0.25) is 0 Å². The molecule has 1 N–H and O–H groups in total. The van der Waals surface area contributed by atoms with Gasteiger partial charge < -0.3 is 14.8 Å². The van der Waals surface area contributed by atoms with Crippen LogP contribution in [0.5, 0.6) is 11.5 Å². The van der Waals surface area contributed by atoms with Crippen molar-refractivity contribution in [3.05, 3.63) is 65.3 Å². The number of hydrogen-bond donors (Lipinski definition) is 1. The van der Waals surface area contributed by atoms with Gasteiger partial charge in [0, 0.05) is 17.3 Å². The lowest BCUT2D eigenvalue weighted by Gasteiger charge is -2.18. The average molecular weight is 366 g/mol. The fourth-order valence-corrected chi connectivity index (χ4v) is 3.72. The van der Waals surface area contributed by atoms with E-state index in [1.165, 1.54) is 11.3 Å². The number of aromatic nitrogens is 1. The van der Waals surface area contributed by atoms with E-state index in [0.29, 0.717) is 18.1 Å². The van der Waals surface area contributed by atoms with Gasteiger partial charge in [-0.1, -0.05) is 0 Å². The van der Waals surface area contributed by atoms with Crippen molar-refractivity contribution in [2.75, 3.05) is 13.2 Å². The third-order valence-electron chi connectivity index (χ3n) is 4.21. The van der Waals surface area contributed by atoms with E-state index < -0.39 is 0 Å². The molecule has 0 spiro atoms. The van der Waals surface area contributed by atoms with Gasteiger partial charge in [-0.05, 0) is 60.5 Å². The van der Waals surface area contributed by atoms with Crippen molar-refractivity contribution >= 4 is 17.2 Å². The molecule has 1 amide bonds. The summed E-state index contributed by atoms with van der Waals surface area (Å²) in [7, 11) is 0. The van der Waals surface area contributed by atoms with E-state index in [-0.39, 0.29) is 11.9 Å². The summed E-state index contributed by atoms with van der Waals surface area (Å²) in [6.45, 7) is 3.09. The molecule has 6 heteroatoms. The first kappa shape index (κ1) is 16.6. The summed E-state index contributed by atoms with van der Waals surface area (Å²) in [6.07, 6.45) is 3.45. The Hall–Kier alpha value is -2.86. The van der Waals surface area contributed by atoms with E-state index in [9.17, 15) is 4.79 Å². The number of fused-ring (bicyclic) bond motifs is 1. The number of rotatable bonds is 4. The van der Waals surface area contributed by atoms with Gasteiger partial charge >= 0.3 is 0 Å². The van der Waals surface area contributed by atoms with E-state index in [2.05, 4.69) is 10.3 Å². The van der Waals surface area contributed by atoms with Gasteiger partial charge in [0.15, 0.2) is 11.5 Å². The van der Waals surface area contributed by atoms with Crippen LogP contribution in [0.4, 0.5) is 0 Å². The highest BCUT2D eigenvalue weighted by Crippen LogP contribution is 2.37. The molecule has 132 valence electrons. The number of amides is 1. The molecule has 0 radical (unpaired) electrons. The smallest absolute Gasteiger partial charge is 0.261 e. The van der Waals surface area contributed by atoms with Crippen LogP contribution in [-0.4, -0.2) is 24.1 Å². The normalized spacial score (nSPS) is 13.9. The summed E-state index contributed by atoms with van der Waals surface area (Å²) in [6, 6.07) is 13.4. The predicted octanol–water partition coefficient (Wildman–Crippen LogP) is 4.07. The first-order valence-electron chi connectivity index (χ1n) is 8.41. The van der Waals surface area contributed by atoms with Crippen LogP contribution in [0.15, 0.2) is 54.9 Å². The summed E-state index contributed by atoms with van der Waals surface area (Å²) in [4.78, 5) is 18.2. The van der Waals surface area contributed by atoms with Gasteiger partial charge in [0.05, 0.1) is 10.9 Å². The topological polar surface area (TPSA) is 60.5 Å². The Morgan fingerprint density at radius 3 is 2.65 bits per heavy atom. The van der Waals surface area contributed by atoms with Gasteiger partial charge in [0.1, 0.15) is 13.2 Å². The third kappa shape index (κ3) is 3.41. The second kappa shape index (κ2) is 7.17. The highest BCUT2D eigenvalue weighted by atomic mass is 32.1. The number of benzene rings is 1. The van der Waals surface area contributed by atoms with Crippen LogP contribution in [0, 0.1) is 0 Å². The molecule has 1 aromatic carbocycles. The molecule has 26 heavy (non-hydrogen) atoms. The number of pyridine rings is 1. The fraction of sp³-hybridized carbons (Fsp3) is 0.200. The molecule has 0 bridgehead atoms. The van der Waals surface area contributed by atoms with Gasteiger partial charge in [0.2, 0.25) is 0 Å². The number of carbonyl (C=O) groups is 1. The highest BCUT2D eigenvalue weighted by Gasteiger charge is 2.16. The number of ether oxygens (including phenoxy) is 2. The monoisotopic (exact) mass is 366 g/mol. The van der Waals surface area contributed by atoms with Crippen molar-refractivity contribution in [1.82, 2.24) is 10.3 Å². The summed E-state index contributed by atoms with van der Waals surface area (Å²) in [5, 5.41) is 3.03. The van der Waals surface area contributed by atoms with Crippen molar-refractivity contribution in [1.29, 1.82) is 0 Å². The molecule has 1 atom stereocenters. The second-order valence-electron chi connectivity index (χ2n) is 6.00. The van der Waals surface area contributed by atoms with Crippen molar-refractivity contribution in [3.8, 4) is 21.9 Å². The minimum absolute atomic E-state index is 0.0784. The Bertz CT molecular complexity index is 924. The lowest BCUT2D eigenvalue weighted by Crippen LogP contribution is -2.25.